The topological polar surface area (TPSA) is 50.4 Å². The van der Waals surface area contributed by atoms with Gasteiger partial charge in [0, 0.05) is 10.9 Å². The maximum absolute atomic E-state index is 11.2. The summed E-state index contributed by atoms with van der Waals surface area (Å²) in [7, 11) is 0. The van der Waals surface area contributed by atoms with Crippen molar-refractivity contribution < 1.29 is 14.3 Å². The van der Waals surface area contributed by atoms with Crippen LogP contribution in [0.5, 0.6) is 0 Å². The minimum absolute atomic E-state index is 0.212. The lowest BCUT2D eigenvalue weighted by atomic mass is 10.0. The Kier molecular flexibility index (Phi) is 5.33. The highest BCUT2D eigenvalue weighted by Gasteiger charge is 2.12. The molecule has 0 amide bonds. The van der Waals surface area contributed by atoms with Gasteiger partial charge < -0.3 is 9.52 Å². The van der Waals surface area contributed by atoms with Crippen LogP contribution >= 0.6 is 12.2 Å². The second-order valence-electron chi connectivity index (χ2n) is 6.23. The number of benzene rings is 2. The van der Waals surface area contributed by atoms with Crippen LogP contribution in [-0.4, -0.2) is 11.1 Å². The minimum atomic E-state index is -0.970. The summed E-state index contributed by atoms with van der Waals surface area (Å²) in [5, 5.41) is 9.90. The Morgan fingerprint density at radius 1 is 1.19 bits per heavy atom. The minimum Gasteiger partial charge on any atom is -0.478 e. The highest BCUT2D eigenvalue weighted by molar-refractivity contribution is 7.71. The number of hydrogen-bond acceptors (Lipinski definition) is 3. The molecule has 26 heavy (non-hydrogen) atoms. The van der Waals surface area contributed by atoms with Crippen molar-refractivity contribution in [2.45, 2.75) is 26.7 Å². The molecule has 0 fully saturated rings. The van der Waals surface area contributed by atoms with Crippen molar-refractivity contribution in [1.82, 2.24) is 0 Å². The Morgan fingerprint density at radius 3 is 2.65 bits per heavy atom. The molecule has 0 bridgehead atoms. The lowest BCUT2D eigenvalue weighted by Crippen LogP contribution is -1.97. The Hall–Kier alpha value is -2.72. The van der Waals surface area contributed by atoms with Crippen molar-refractivity contribution in [3.63, 3.8) is 0 Å². The molecule has 2 aromatic carbocycles. The summed E-state index contributed by atoms with van der Waals surface area (Å²) in [4.78, 5) is 11.2. The number of aromatic carboxylic acids is 1. The summed E-state index contributed by atoms with van der Waals surface area (Å²) in [5.41, 5.74) is 4.07. The van der Waals surface area contributed by atoms with Gasteiger partial charge in [0.1, 0.15) is 11.3 Å². The first-order chi connectivity index (χ1) is 12.5. The quantitative estimate of drug-likeness (QED) is 0.540. The van der Waals surface area contributed by atoms with E-state index in [1.54, 1.807) is 12.1 Å². The van der Waals surface area contributed by atoms with Crippen LogP contribution in [0.4, 0.5) is 0 Å². The van der Waals surface area contributed by atoms with E-state index in [0.717, 1.165) is 29.7 Å². The number of carboxylic acids is 1. The van der Waals surface area contributed by atoms with Crippen LogP contribution in [-0.2, 0) is 6.42 Å². The molecule has 3 aromatic rings. The van der Waals surface area contributed by atoms with E-state index in [4.69, 9.17) is 16.6 Å². The average molecular weight is 364 g/mol. The Labute approximate surface area is 157 Å². The molecule has 132 valence electrons. The van der Waals surface area contributed by atoms with Crippen molar-refractivity contribution >= 4 is 41.3 Å². The lowest BCUT2D eigenvalue weighted by molar-refractivity contribution is 0.0697. The number of rotatable bonds is 5. The van der Waals surface area contributed by atoms with E-state index in [-0.39, 0.29) is 5.56 Å². The maximum Gasteiger partial charge on any atom is 0.335 e. The first-order valence-corrected chi connectivity index (χ1v) is 8.99. The van der Waals surface area contributed by atoms with E-state index in [2.05, 4.69) is 26.0 Å². The fourth-order valence-corrected chi connectivity index (χ4v) is 3.31. The van der Waals surface area contributed by atoms with Gasteiger partial charge in [-0.05, 0) is 48.7 Å². The first kappa shape index (κ1) is 18.1. The smallest absolute Gasteiger partial charge is 0.335 e. The standard InChI is InChI=1S/C22H20O3S/c1-3-6-17-19(11-9-15-8-5-4-7-14(15)2)25-20-12-10-16(22(23)24)13-18(20)21(17)26/h4-5,7-13H,3,6H2,1-2H3,(H,23,24). The normalized spacial score (nSPS) is 11.3. The summed E-state index contributed by atoms with van der Waals surface area (Å²) in [6, 6.07) is 12.9. The second-order valence-corrected chi connectivity index (χ2v) is 6.64. The van der Waals surface area contributed by atoms with Gasteiger partial charge in [0.15, 0.2) is 0 Å². The van der Waals surface area contributed by atoms with Crippen molar-refractivity contribution in [2.24, 2.45) is 0 Å². The second kappa shape index (κ2) is 7.67. The maximum atomic E-state index is 11.2. The fraction of sp³-hybridized carbons (Fsp3) is 0.182. The molecule has 0 saturated carbocycles. The zero-order valence-corrected chi connectivity index (χ0v) is 15.6. The number of fused-ring (bicyclic) bond motifs is 1. The largest absolute Gasteiger partial charge is 0.478 e. The molecule has 3 nitrogen and oxygen atoms in total. The van der Waals surface area contributed by atoms with E-state index in [0.29, 0.717) is 15.5 Å². The third kappa shape index (κ3) is 3.60. The third-order valence-electron chi connectivity index (χ3n) is 4.37. The number of hydrogen-bond donors (Lipinski definition) is 1. The van der Waals surface area contributed by atoms with Gasteiger partial charge in [-0.15, -0.1) is 0 Å². The predicted molar refractivity (Wildman–Crippen MR) is 108 cm³/mol. The fourth-order valence-electron chi connectivity index (χ4n) is 2.94. The molecule has 1 N–H and O–H groups in total. The highest BCUT2D eigenvalue weighted by Crippen LogP contribution is 2.27. The zero-order chi connectivity index (χ0) is 18.7. The Morgan fingerprint density at radius 2 is 1.96 bits per heavy atom. The zero-order valence-electron chi connectivity index (χ0n) is 14.8. The van der Waals surface area contributed by atoms with Crippen LogP contribution < -0.4 is 0 Å². The molecular formula is C22H20O3S. The van der Waals surface area contributed by atoms with Crippen molar-refractivity contribution in [2.75, 3.05) is 0 Å². The SMILES string of the molecule is CCCc1c(C=Cc2ccccc2C)oc2ccc(C(=O)O)cc2c1=S. The summed E-state index contributed by atoms with van der Waals surface area (Å²) in [6.45, 7) is 4.15. The summed E-state index contributed by atoms with van der Waals surface area (Å²) in [6.07, 6.45) is 5.69. The van der Waals surface area contributed by atoms with E-state index >= 15 is 0 Å². The Bertz CT molecular complexity index is 1060. The average Bonchev–Trinajstić information content (AvgIpc) is 2.63. The monoisotopic (exact) mass is 364 g/mol. The molecule has 1 aromatic heterocycles. The van der Waals surface area contributed by atoms with Gasteiger partial charge in [-0.2, -0.15) is 0 Å². The molecule has 1 heterocycles. The van der Waals surface area contributed by atoms with Crippen LogP contribution in [0, 0.1) is 11.4 Å². The van der Waals surface area contributed by atoms with Gasteiger partial charge in [-0.3, -0.25) is 0 Å². The molecule has 0 spiro atoms. The molecule has 0 saturated heterocycles. The van der Waals surface area contributed by atoms with Gasteiger partial charge >= 0.3 is 5.97 Å². The Balaban J connectivity index is 2.17. The summed E-state index contributed by atoms with van der Waals surface area (Å²) in [5.74, 6) is -0.238. The van der Waals surface area contributed by atoms with E-state index < -0.39 is 5.97 Å². The van der Waals surface area contributed by atoms with Crippen LogP contribution in [0.3, 0.4) is 0 Å². The first-order valence-electron chi connectivity index (χ1n) is 8.58. The van der Waals surface area contributed by atoms with Gasteiger partial charge in [0.25, 0.3) is 0 Å². The van der Waals surface area contributed by atoms with Crippen LogP contribution in [0.25, 0.3) is 23.1 Å². The van der Waals surface area contributed by atoms with E-state index in [1.165, 1.54) is 11.6 Å². The molecule has 3 rings (SSSR count). The van der Waals surface area contributed by atoms with Gasteiger partial charge in [-0.1, -0.05) is 55.9 Å². The van der Waals surface area contributed by atoms with Crippen LogP contribution in [0.15, 0.2) is 46.9 Å². The van der Waals surface area contributed by atoms with Crippen LogP contribution in [0.2, 0.25) is 0 Å². The summed E-state index contributed by atoms with van der Waals surface area (Å²) < 4.78 is 6.74. The summed E-state index contributed by atoms with van der Waals surface area (Å²) >= 11 is 5.66. The molecule has 0 unspecified atom stereocenters. The number of carbonyl (C=O) groups is 1. The number of aryl methyl sites for hydroxylation is 1. The lowest BCUT2D eigenvalue weighted by Gasteiger charge is -2.09. The molecule has 0 aliphatic heterocycles. The predicted octanol–water partition coefficient (Wildman–Crippen LogP) is 6.29. The van der Waals surface area contributed by atoms with Crippen molar-refractivity contribution in [3.8, 4) is 0 Å². The number of carboxylic acid groups (broad SMARTS) is 1. The van der Waals surface area contributed by atoms with Gasteiger partial charge in [0.2, 0.25) is 0 Å². The van der Waals surface area contributed by atoms with E-state index in [1.807, 2.05) is 24.3 Å². The molecule has 0 radical (unpaired) electrons. The van der Waals surface area contributed by atoms with Crippen LogP contribution in [0.1, 0.15) is 46.2 Å². The van der Waals surface area contributed by atoms with Crippen molar-refractivity contribution in [3.05, 3.63) is 75.0 Å². The third-order valence-corrected chi connectivity index (χ3v) is 4.83. The molecule has 0 aliphatic rings. The molecule has 0 atom stereocenters. The highest BCUT2D eigenvalue weighted by atomic mass is 32.1. The van der Waals surface area contributed by atoms with Gasteiger partial charge in [-0.25, -0.2) is 4.79 Å². The van der Waals surface area contributed by atoms with E-state index in [9.17, 15) is 9.90 Å². The molecule has 0 aliphatic carbocycles. The molecule has 4 heteroatoms. The van der Waals surface area contributed by atoms with Crippen molar-refractivity contribution in [1.29, 1.82) is 0 Å². The van der Waals surface area contributed by atoms with Gasteiger partial charge in [0.05, 0.1) is 10.1 Å². The molecular weight excluding hydrogens is 344 g/mol.